The minimum Gasteiger partial charge on any atom is -0.462 e. The number of rotatable bonds is 44. The van der Waals surface area contributed by atoms with E-state index in [1.54, 1.807) is 0 Å². The highest BCUT2D eigenvalue weighted by molar-refractivity contribution is 7.47. The van der Waals surface area contributed by atoms with Crippen LogP contribution in [-0.2, 0) is 32.7 Å². The Balaban J connectivity index is 4.21. The molecule has 0 radical (unpaired) electrons. The largest absolute Gasteiger partial charge is 0.472 e. The Labute approximate surface area is 337 Å². The fourth-order valence-electron chi connectivity index (χ4n) is 6.70. The van der Waals surface area contributed by atoms with E-state index in [0.717, 1.165) is 32.1 Å². The summed E-state index contributed by atoms with van der Waals surface area (Å²) in [5, 5.41) is 18.3. The van der Waals surface area contributed by atoms with Gasteiger partial charge in [0, 0.05) is 12.8 Å². The van der Waals surface area contributed by atoms with Crippen LogP contribution in [0, 0.1) is 0 Å². The zero-order valence-corrected chi connectivity index (χ0v) is 36.6. The van der Waals surface area contributed by atoms with Gasteiger partial charge in [0.15, 0.2) is 6.10 Å². The van der Waals surface area contributed by atoms with E-state index < -0.39 is 51.8 Å². The van der Waals surface area contributed by atoms with Crippen LogP contribution in [-0.4, -0.2) is 65.7 Å². The minimum absolute atomic E-state index is 0.193. The molecule has 0 saturated heterocycles. The number of ether oxygens (including phenoxy) is 2. The van der Waals surface area contributed by atoms with E-state index in [-0.39, 0.29) is 19.4 Å². The number of phosphoric acid groups is 1. The Morgan fingerprint density at radius 3 is 1.13 bits per heavy atom. The highest BCUT2D eigenvalue weighted by Gasteiger charge is 2.27. The summed E-state index contributed by atoms with van der Waals surface area (Å²) in [6.45, 7) is 2.43. The van der Waals surface area contributed by atoms with Gasteiger partial charge in [0.05, 0.1) is 19.8 Å². The van der Waals surface area contributed by atoms with E-state index in [9.17, 15) is 24.2 Å². The lowest BCUT2D eigenvalue weighted by molar-refractivity contribution is -0.161. The van der Waals surface area contributed by atoms with Gasteiger partial charge in [-0.25, -0.2) is 4.57 Å². The van der Waals surface area contributed by atoms with Crippen molar-refractivity contribution in [1.82, 2.24) is 0 Å². The molecule has 0 aromatic rings. The van der Waals surface area contributed by atoms with Gasteiger partial charge in [-0.3, -0.25) is 18.6 Å². The van der Waals surface area contributed by atoms with Gasteiger partial charge >= 0.3 is 19.8 Å². The van der Waals surface area contributed by atoms with Crippen LogP contribution in [0.25, 0.3) is 0 Å². The maximum Gasteiger partial charge on any atom is 0.472 e. The summed E-state index contributed by atoms with van der Waals surface area (Å²) in [4.78, 5) is 35.0. The van der Waals surface area contributed by atoms with Gasteiger partial charge in [-0.05, 0) is 12.8 Å². The summed E-state index contributed by atoms with van der Waals surface area (Å²) in [5.41, 5.74) is 0. The number of carbonyl (C=O) groups is 2. The second-order valence-electron chi connectivity index (χ2n) is 15.8. The zero-order chi connectivity index (χ0) is 40.5. The zero-order valence-electron chi connectivity index (χ0n) is 35.7. The molecule has 10 nitrogen and oxygen atoms in total. The first kappa shape index (κ1) is 54.0. The second-order valence-corrected chi connectivity index (χ2v) is 17.3. The average molecular weight is 807 g/mol. The predicted molar refractivity (Wildman–Crippen MR) is 224 cm³/mol. The molecular weight excluding hydrogens is 719 g/mol. The predicted octanol–water partition coefficient (Wildman–Crippen LogP) is 12.2. The number of unbranched alkanes of at least 4 members (excludes halogenated alkanes) is 30. The number of esters is 2. The van der Waals surface area contributed by atoms with Crippen LogP contribution in [0.5, 0.6) is 0 Å². The van der Waals surface area contributed by atoms with Gasteiger partial charge in [0.1, 0.15) is 12.7 Å². The van der Waals surface area contributed by atoms with Crippen molar-refractivity contribution < 1.29 is 47.8 Å². The lowest BCUT2D eigenvalue weighted by atomic mass is 10.0. The van der Waals surface area contributed by atoms with Crippen LogP contribution in [0.3, 0.4) is 0 Å². The lowest BCUT2D eigenvalue weighted by Gasteiger charge is -2.20. The molecule has 0 spiro atoms. The Morgan fingerprint density at radius 2 is 0.782 bits per heavy atom. The molecule has 0 bridgehead atoms. The first-order valence-corrected chi connectivity index (χ1v) is 24.5. The standard InChI is InChI=1S/C44H87O10P/c1-3-5-7-9-11-13-15-17-19-21-23-25-27-29-31-33-35-43(47)51-39-42(40-53-55(49,50)52-38-41(46)37-45)54-44(48)36-34-32-30-28-26-24-22-20-18-16-14-12-10-8-6-4-2/h41-42,45-46H,3-40H2,1-2H3,(H,49,50)/t41-,42+/m0/s1. The van der Waals surface area contributed by atoms with E-state index in [0.29, 0.717) is 12.8 Å². The number of aliphatic hydroxyl groups is 2. The molecule has 0 aromatic heterocycles. The van der Waals surface area contributed by atoms with E-state index in [2.05, 4.69) is 13.8 Å². The molecule has 0 heterocycles. The van der Waals surface area contributed by atoms with Crippen molar-refractivity contribution >= 4 is 19.8 Å². The van der Waals surface area contributed by atoms with Crippen molar-refractivity contribution in [3.8, 4) is 0 Å². The molecule has 328 valence electrons. The summed E-state index contributed by atoms with van der Waals surface area (Å²) in [6.07, 6.45) is 37.8. The third-order valence-corrected chi connectivity index (χ3v) is 11.2. The van der Waals surface area contributed by atoms with Crippen molar-refractivity contribution in [3.05, 3.63) is 0 Å². The summed E-state index contributed by atoms with van der Waals surface area (Å²) in [6, 6.07) is 0. The molecule has 0 aromatic carbocycles. The molecule has 0 amide bonds. The summed E-state index contributed by atoms with van der Waals surface area (Å²) in [5.74, 6) is -0.907. The summed E-state index contributed by atoms with van der Waals surface area (Å²) >= 11 is 0. The third kappa shape index (κ3) is 40.9. The van der Waals surface area contributed by atoms with E-state index >= 15 is 0 Å². The van der Waals surface area contributed by atoms with E-state index in [1.807, 2.05) is 0 Å². The molecule has 0 saturated carbocycles. The van der Waals surface area contributed by atoms with Crippen LogP contribution in [0.15, 0.2) is 0 Å². The Bertz CT molecular complexity index is 889. The molecule has 3 N–H and O–H groups in total. The monoisotopic (exact) mass is 807 g/mol. The normalized spacial score (nSPS) is 13.8. The van der Waals surface area contributed by atoms with Gasteiger partial charge in [0.25, 0.3) is 0 Å². The van der Waals surface area contributed by atoms with Crippen molar-refractivity contribution in [2.24, 2.45) is 0 Å². The first-order valence-electron chi connectivity index (χ1n) is 23.0. The van der Waals surface area contributed by atoms with Crippen LogP contribution < -0.4 is 0 Å². The fourth-order valence-corrected chi connectivity index (χ4v) is 7.49. The maximum atomic E-state index is 12.6. The smallest absolute Gasteiger partial charge is 0.462 e. The molecule has 0 aliphatic carbocycles. The molecule has 1 unspecified atom stereocenters. The van der Waals surface area contributed by atoms with E-state index in [1.165, 1.54) is 161 Å². The average Bonchev–Trinajstić information content (AvgIpc) is 3.17. The fraction of sp³-hybridized carbons (Fsp3) is 0.955. The number of hydrogen-bond donors (Lipinski definition) is 3. The highest BCUT2D eigenvalue weighted by Crippen LogP contribution is 2.43. The first-order chi connectivity index (χ1) is 26.7. The third-order valence-electron chi connectivity index (χ3n) is 10.3. The number of hydrogen-bond acceptors (Lipinski definition) is 9. The van der Waals surface area contributed by atoms with Crippen LogP contribution >= 0.6 is 7.82 Å². The Hall–Kier alpha value is -1.03. The summed E-state index contributed by atoms with van der Waals surface area (Å²) < 4.78 is 32.8. The molecule has 0 aliphatic heterocycles. The molecule has 0 rings (SSSR count). The van der Waals surface area contributed by atoms with Gasteiger partial charge in [0.2, 0.25) is 0 Å². The molecule has 0 fully saturated rings. The minimum atomic E-state index is -4.61. The highest BCUT2D eigenvalue weighted by atomic mass is 31.2. The van der Waals surface area contributed by atoms with Crippen molar-refractivity contribution in [2.75, 3.05) is 26.4 Å². The quantitative estimate of drug-likeness (QED) is 0.0308. The molecule has 55 heavy (non-hydrogen) atoms. The molecule has 0 aliphatic rings. The van der Waals surface area contributed by atoms with Crippen molar-refractivity contribution in [3.63, 3.8) is 0 Å². The van der Waals surface area contributed by atoms with Crippen LogP contribution in [0.4, 0.5) is 0 Å². The maximum absolute atomic E-state index is 12.6. The number of phosphoric ester groups is 1. The van der Waals surface area contributed by atoms with Crippen LogP contribution in [0.2, 0.25) is 0 Å². The second kappa shape index (κ2) is 41.1. The molecule has 3 atom stereocenters. The number of carbonyl (C=O) groups excluding carboxylic acids is 2. The SMILES string of the molecule is CCCCCCCCCCCCCCCCCCC(=O)OC[C@H](COP(=O)(O)OC[C@@H](O)CO)OC(=O)CCCCCCCCCCCCCCCCCC. The molecular formula is C44H87O10P. The Kier molecular flexibility index (Phi) is 40.4. The lowest BCUT2D eigenvalue weighted by Crippen LogP contribution is -2.29. The Morgan fingerprint density at radius 1 is 0.473 bits per heavy atom. The molecule has 11 heteroatoms. The number of aliphatic hydroxyl groups excluding tert-OH is 2. The van der Waals surface area contributed by atoms with Crippen molar-refractivity contribution in [1.29, 1.82) is 0 Å². The van der Waals surface area contributed by atoms with Crippen LogP contribution in [0.1, 0.15) is 232 Å². The van der Waals surface area contributed by atoms with Gasteiger partial charge in [-0.1, -0.05) is 206 Å². The van der Waals surface area contributed by atoms with Gasteiger partial charge in [-0.15, -0.1) is 0 Å². The summed E-state index contributed by atoms with van der Waals surface area (Å²) in [7, 11) is -4.61. The topological polar surface area (TPSA) is 149 Å². The van der Waals surface area contributed by atoms with Crippen molar-refractivity contribution in [2.45, 2.75) is 244 Å². The van der Waals surface area contributed by atoms with Gasteiger partial charge < -0.3 is 24.6 Å². The van der Waals surface area contributed by atoms with E-state index in [4.69, 9.17) is 23.6 Å². The van der Waals surface area contributed by atoms with Gasteiger partial charge in [-0.2, -0.15) is 0 Å².